The van der Waals surface area contributed by atoms with E-state index in [2.05, 4.69) is 15.8 Å². The standard InChI is InChI=1S/C27H21N3O2/c31-26(29-25-14-8-7-13-24(25)23-11-5-2-6-12-23)27(32)30-28-19-20-15-17-22(18-16-20)21-9-3-1-4-10-21/h1-19H,(H,29,31)(H,30,32). The van der Waals surface area contributed by atoms with Gasteiger partial charge in [-0.2, -0.15) is 5.10 Å². The highest BCUT2D eigenvalue weighted by Gasteiger charge is 2.15. The molecule has 0 aliphatic carbocycles. The summed E-state index contributed by atoms with van der Waals surface area (Å²) in [6.45, 7) is 0. The number of benzene rings is 4. The summed E-state index contributed by atoms with van der Waals surface area (Å²) in [4.78, 5) is 24.5. The fourth-order valence-electron chi connectivity index (χ4n) is 3.25. The minimum Gasteiger partial charge on any atom is -0.317 e. The first-order valence-corrected chi connectivity index (χ1v) is 10.1. The average molecular weight is 419 g/mol. The van der Waals surface area contributed by atoms with Crippen LogP contribution in [0.2, 0.25) is 0 Å². The molecule has 0 aromatic heterocycles. The van der Waals surface area contributed by atoms with Gasteiger partial charge in [-0.05, 0) is 28.3 Å². The van der Waals surface area contributed by atoms with Gasteiger partial charge in [0, 0.05) is 11.3 Å². The molecular formula is C27H21N3O2. The highest BCUT2D eigenvalue weighted by molar-refractivity contribution is 6.39. The first-order valence-electron chi connectivity index (χ1n) is 10.1. The SMILES string of the molecule is O=C(NN=Cc1ccc(-c2ccccc2)cc1)C(=O)Nc1ccccc1-c1ccccc1. The molecule has 5 nitrogen and oxygen atoms in total. The van der Waals surface area contributed by atoms with Crippen molar-refractivity contribution >= 4 is 23.7 Å². The lowest BCUT2D eigenvalue weighted by atomic mass is 10.0. The molecule has 0 saturated heterocycles. The Labute approximate surface area is 186 Å². The van der Waals surface area contributed by atoms with E-state index in [0.717, 1.165) is 27.8 Å². The molecule has 0 radical (unpaired) electrons. The van der Waals surface area contributed by atoms with Gasteiger partial charge in [-0.15, -0.1) is 0 Å². The van der Waals surface area contributed by atoms with Gasteiger partial charge in [-0.25, -0.2) is 5.43 Å². The molecular weight excluding hydrogens is 398 g/mol. The van der Waals surface area contributed by atoms with Gasteiger partial charge in [0.1, 0.15) is 0 Å². The van der Waals surface area contributed by atoms with Crippen LogP contribution >= 0.6 is 0 Å². The summed E-state index contributed by atoms with van der Waals surface area (Å²) in [5.41, 5.74) is 7.62. The number of carbonyl (C=O) groups is 2. The second-order valence-corrected chi connectivity index (χ2v) is 7.05. The van der Waals surface area contributed by atoms with E-state index in [1.807, 2.05) is 97.1 Å². The van der Waals surface area contributed by atoms with Crippen molar-refractivity contribution in [1.82, 2.24) is 5.43 Å². The van der Waals surface area contributed by atoms with Gasteiger partial charge in [0.25, 0.3) is 0 Å². The summed E-state index contributed by atoms with van der Waals surface area (Å²) in [5, 5.41) is 6.56. The fourth-order valence-corrected chi connectivity index (χ4v) is 3.25. The summed E-state index contributed by atoms with van der Waals surface area (Å²) >= 11 is 0. The Bertz CT molecular complexity index is 1230. The molecule has 4 aromatic rings. The van der Waals surface area contributed by atoms with Crippen molar-refractivity contribution < 1.29 is 9.59 Å². The highest BCUT2D eigenvalue weighted by atomic mass is 16.2. The number of amides is 2. The average Bonchev–Trinajstić information content (AvgIpc) is 2.86. The van der Waals surface area contributed by atoms with Crippen molar-refractivity contribution in [3.63, 3.8) is 0 Å². The molecule has 0 spiro atoms. The molecule has 0 heterocycles. The summed E-state index contributed by atoms with van der Waals surface area (Å²) in [5.74, 6) is -1.63. The Morgan fingerprint density at radius 3 is 1.84 bits per heavy atom. The van der Waals surface area contributed by atoms with Crippen LogP contribution in [0.1, 0.15) is 5.56 Å². The maximum absolute atomic E-state index is 12.3. The number of hydrogen-bond donors (Lipinski definition) is 2. The van der Waals surface area contributed by atoms with Crippen molar-refractivity contribution in [3.05, 3.63) is 115 Å². The van der Waals surface area contributed by atoms with Crippen LogP contribution in [0.15, 0.2) is 114 Å². The van der Waals surface area contributed by atoms with Gasteiger partial charge in [-0.3, -0.25) is 9.59 Å². The molecule has 0 atom stereocenters. The summed E-state index contributed by atoms with van der Waals surface area (Å²) < 4.78 is 0. The Kier molecular flexibility index (Phi) is 6.48. The van der Waals surface area contributed by atoms with E-state index in [0.29, 0.717) is 5.69 Å². The zero-order valence-corrected chi connectivity index (χ0v) is 17.2. The summed E-state index contributed by atoms with van der Waals surface area (Å²) in [7, 11) is 0. The number of nitrogens with zero attached hydrogens (tertiary/aromatic N) is 1. The van der Waals surface area contributed by atoms with E-state index in [-0.39, 0.29) is 0 Å². The second kappa shape index (κ2) is 10.00. The van der Waals surface area contributed by atoms with Crippen molar-refractivity contribution in [2.45, 2.75) is 0 Å². The molecule has 4 aromatic carbocycles. The van der Waals surface area contributed by atoms with Gasteiger partial charge >= 0.3 is 11.8 Å². The van der Waals surface area contributed by atoms with Crippen molar-refractivity contribution in [2.24, 2.45) is 5.10 Å². The molecule has 5 heteroatoms. The molecule has 0 aliphatic heterocycles. The third-order valence-electron chi connectivity index (χ3n) is 4.86. The van der Waals surface area contributed by atoms with Gasteiger partial charge in [0.2, 0.25) is 0 Å². The Balaban J connectivity index is 1.37. The minimum absolute atomic E-state index is 0.555. The zero-order chi connectivity index (χ0) is 22.2. The number of hydrogen-bond acceptors (Lipinski definition) is 3. The van der Waals surface area contributed by atoms with Crippen LogP contribution in [-0.2, 0) is 9.59 Å². The minimum atomic E-state index is -0.843. The van der Waals surface area contributed by atoms with E-state index in [9.17, 15) is 9.59 Å². The largest absolute Gasteiger partial charge is 0.329 e. The second-order valence-electron chi connectivity index (χ2n) is 7.05. The summed E-state index contributed by atoms with van der Waals surface area (Å²) in [6, 6.07) is 34.8. The fraction of sp³-hybridized carbons (Fsp3) is 0. The van der Waals surface area contributed by atoms with E-state index >= 15 is 0 Å². The number of nitrogens with one attached hydrogen (secondary N) is 2. The number of rotatable bonds is 5. The molecule has 2 N–H and O–H groups in total. The number of anilines is 1. The van der Waals surface area contributed by atoms with Gasteiger partial charge in [0.15, 0.2) is 0 Å². The Hall–Kier alpha value is -4.51. The molecule has 32 heavy (non-hydrogen) atoms. The molecule has 0 unspecified atom stereocenters. The van der Waals surface area contributed by atoms with Crippen LogP contribution in [0.5, 0.6) is 0 Å². The third-order valence-corrected chi connectivity index (χ3v) is 4.86. The van der Waals surface area contributed by atoms with Gasteiger partial charge in [0.05, 0.1) is 6.21 Å². The predicted octanol–water partition coefficient (Wildman–Crippen LogP) is 5.11. The van der Waals surface area contributed by atoms with Crippen molar-refractivity contribution in [2.75, 3.05) is 5.32 Å². The maximum Gasteiger partial charge on any atom is 0.329 e. The van der Waals surface area contributed by atoms with E-state index < -0.39 is 11.8 Å². The number of carbonyl (C=O) groups excluding carboxylic acids is 2. The lowest BCUT2D eigenvalue weighted by molar-refractivity contribution is -0.136. The van der Waals surface area contributed by atoms with Crippen LogP contribution in [0.3, 0.4) is 0 Å². The molecule has 0 aliphatic rings. The number of hydrazone groups is 1. The lowest BCUT2D eigenvalue weighted by Gasteiger charge is -2.10. The molecule has 156 valence electrons. The predicted molar refractivity (Wildman–Crippen MR) is 128 cm³/mol. The highest BCUT2D eigenvalue weighted by Crippen LogP contribution is 2.27. The molecule has 2 amide bonds. The zero-order valence-electron chi connectivity index (χ0n) is 17.2. The lowest BCUT2D eigenvalue weighted by Crippen LogP contribution is -2.32. The molecule has 0 fully saturated rings. The quantitative estimate of drug-likeness (QED) is 0.268. The topological polar surface area (TPSA) is 70.6 Å². The van der Waals surface area contributed by atoms with Crippen LogP contribution in [0.4, 0.5) is 5.69 Å². The van der Waals surface area contributed by atoms with Gasteiger partial charge in [-0.1, -0.05) is 103 Å². The number of para-hydroxylation sites is 1. The van der Waals surface area contributed by atoms with Crippen LogP contribution in [-0.4, -0.2) is 18.0 Å². The Morgan fingerprint density at radius 2 is 1.16 bits per heavy atom. The molecule has 4 rings (SSSR count). The molecule has 0 saturated carbocycles. The third kappa shape index (κ3) is 5.15. The summed E-state index contributed by atoms with van der Waals surface area (Å²) in [6.07, 6.45) is 1.50. The maximum atomic E-state index is 12.3. The normalized spacial score (nSPS) is 10.6. The van der Waals surface area contributed by atoms with Crippen LogP contribution in [0.25, 0.3) is 22.3 Å². The van der Waals surface area contributed by atoms with Crippen molar-refractivity contribution in [1.29, 1.82) is 0 Å². The van der Waals surface area contributed by atoms with Crippen LogP contribution < -0.4 is 10.7 Å². The molecule has 0 bridgehead atoms. The van der Waals surface area contributed by atoms with E-state index in [1.165, 1.54) is 6.21 Å². The monoisotopic (exact) mass is 419 g/mol. The van der Waals surface area contributed by atoms with E-state index in [4.69, 9.17) is 0 Å². The smallest absolute Gasteiger partial charge is 0.317 e. The van der Waals surface area contributed by atoms with Crippen molar-refractivity contribution in [3.8, 4) is 22.3 Å². The van der Waals surface area contributed by atoms with Gasteiger partial charge < -0.3 is 5.32 Å². The first-order chi connectivity index (χ1) is 15.7. The van der Waals surface area contributed by atoms with E-state index in [1.54, 1.807) is 12.1 Å². The Morgan fingerprint density at radius 1 is 0.594 bits per heavy atom. The van der Waals surface area contributed by atoms with Crippen LogP contribution in [0, 0.1) is 0 Å². The first kappa shape index (κ1) is 20.8.